The molecule has 7 heteroatoms. The number of hydrogen-bond donors (Lipinski definition) is 1. The molecule has 6 nitrogen and oxygen atoms in total. The summed E-state index contributed by atoms with van der Waals surface area (Å²) in [4.78, 5) is 15.2. The lowest BCUT2D eigenvalue weighted by Crippen LogP contribution is -2.45. The zero-order chi connectivity index (χ0) is 18.5. The van der Waals surface area contributed by atoms with E-state index in [0.29, 0.717) is 18.5 Å². The Balaban J connectivity index is 1.58. The van der Waals surface area contributed by atoms with Gasteiger partial charge in [0.15, 0.2) is 0 Å². The summed E-state index contributed by atoms with van der Waals surface area (Å²) in [6, 6.07) is 5.49. The summed E-state index contributed by atoms with van der Waals surface area (Å²) in [6.07, 6.45) is 6.57. The van der Waals surface area contributed by atoms with E-state index in [4.69, 9.17) is 0 Å². The van der Waals surface area contributed by atoms with Crippen LogP contribution < -0.4 is 10.2 Å². The van der Waals surface area contributed by atoms with Crippen molar-refractivity contribution in [3.63, 3.8) is 0 Å². The molecule has 1 aliphatic carbocycles. The standard InChI is InChI=1S/C19H27N3O3S/c1-21(2)26(24,25)15-8-7-13-9-10-22(18(13)12-15)19(23)17-11-14-5-3-4-6-16(14)20-17/h7-8,12,14,16-17,20H,3-6,9-11H2,1-2H3. The molecule has 142 valence electrons. The van der Waals surface area contributed by atoms with Crippen LogP contribution in [0.5, 0.6) is 0 Å². The predicted molar refractivity (Wildman–Crippen MR) is 101 cm³/mol. The zero-order valence-corrected chi connectivity index (χ0v) is 16.3. The number of rotatable bonds is 3. The SMILES string of the molecule is CN(C)S(=O)(=O)c1ccc2c(c1)N(C(=O)C1CC3CCCCC3N1)CC2. The molecular weight excluding hydrogens is 350 g/mol. The van der Waals surface area contributed by atoms with Gasteiger partial charge in [0.2, 0.25) is 15.9 Å². The van der Waals surface area contributed by atoms with Gasteiger partial charge >= 0.3 is 0 Å². The fourth-order valence-corrected chi connectivity index (χ4v) is 5.58. The van der Waals surface area contributed by atoms with Gasteiger partial charge in [-0.25, -0.2) is 12.7 Å². The molecule has 0 radical (unpaired) electrons. The van der Waals surface area contributed by atoms with Crippen LogP contribution in [0.2, 0.25) is 0 Å². The molecule has 2 fully saturated rings. The first kappa shape index (κ1) is 17.9. The van der Waals surface area contributed by atoms with Crippen molar-refractivity contribution >= 4 is 21.6 Å². The molecule has 1 aromatic carbocycles. The maximum absolute atomic E-state index is 13.2. The van der Waals surface area contributed by atoms with Gasteiger partial charge < -0.3 is 10.2 Å². The number of anilines is 1. The van der Waals surface area contributed by atoms with Crippen LogP contribution in [-0.4, -0.2) is 51.4 Å². The summed E-state index contributed by atoms with van der Waals surface area (Å²) >= 11 is 0. The Bertz CT molecular complexity index is 807. The number of sulfonamides is 1. The Labute approximate surface area is 155 Å². The molecule has 0 bridgehead atoms. The quantitative estimate of drug-likeness (QED) is 0.871. The van der Waals surface area contributed by atoms with Crippen molar-refractivity contribution in [2.24, 2.45) is 5.92 Å². The summed E-state index contributed by atoms with van der Waals surface area (Å²) in [6.45, 7) is 0.632. The number of carbonyl (C=O) groups excluding carboxylic acids is 1. The van der Waals surface area contributed by atoms with Crippen molar-refractivity contribution in [2.45, 2.75) is 55.5 Å². The van der Waals surface area contributed by atoms with Gasteiger partial charge in [-0.3, -0.25) is 4.79 Å². The van der Waals surface area contributed by atoms with Gasteiger partial charge in [0.05, 0.1) is 10.9 Å². The average molecular weight is 378 g/mol. The molecule has 1 aromatic rings. The Morgan fingerprint density at radius 1 is 1.23 bits per heavy atom. The molecule has 3 unspecified atom stereocenters. The van der Waals surface area contributed by atoms with E-state index in [9.17, 15) is 13.2 Å². The van der Waals surface area contributed by atoms with Crippen LogP contribution in [0, 0.1) is 5.92 Å². The van der Waals surface area contributed by atoms with Crippen LogP contribution in [-0.2, 0) is 21.2 Å². The summed E-state index contributed by atoms with van der Waals surface area (Å²) in [5.41, 5.74) is 1.81. The minimum atomic E-state index is -3.50. The van der Waals surface area contributed by atoms with Gasteiger partial charge in [0.25, 0.3) is 0 Å². The molecule has 1 amide bonds. The molecule has 2 aliphatic heterocycles. The average Bonchev–Trinajstić information content (AvgIpc) is 3.24. The van der Waals surface area contributed by atoms with Crippen LogP contribution in [0.3, 0.4) is 0 Å². The topological polar surface area (TPSA) is 69.7 Å². The highest BCUT2D eigenvalue weighted by atomic mass is 32.2. The maximum atomic E-state index is 13.2. The predicted octanol–water partition coefficient (Wildman–Crippen LogP) is 1.75. The normalized spacial score (nSPS) is 28.3. The second-order valence-electron chi connectivity index (χ2n) is 7.92. The zero-order valence-electron chi connectivity index (χ0n) is 15.4. The molecule has 1 saturated carbocycles. The van der Waals surface area contributed by atoms with Crippen LogP contribution in [0.4, 0.5) is 5.69 Å². The van der Waals surface area contributed by atoms with Crippen molar-refractivity contribution in [3.05, 3.63) is 23.8 Å². The molecule has 0 spiro atoms. The van der Waals surface area contributed by atoms with Crippen molar-refractivity contribution in [1.82, 2.24) is 9.62 Å². The maximum Gasteiger partial charge on any atom is 0.244 e. The first-order valence-electron chi connectivity index (χ1n) is 9.51. The Hall–Kier alpha value is -1.44. The highest BCUT2D eigenvalue weighted by Crippen LogP contribution is 2.36. The fourth-order valence-electron chi connectivity index (χ4n) is 4.66. The first-order valence-corrected chi connectivity index (χ1v) is 10.9. The summed E-state index contributed by atoms with van der Waals surface area (Å²) < 4.78 is 26.1. The molecule has 2 heterocycles. The van der Waals surface area contributed by atoms with Gasteiger partial charge in [-0.15, -0.1) is 0 Å². The monoisotopic (exact) mass is 377 g/mol. The number of hydrogen-bond acceptors (Lipinski definition) is 4. The summed E-state index contributed by atoms with van der Waals surface area (Å²) in [7, 11) is -0.457. The molecule has 0 aromatic heterocycles. The van der Waals surface area contributed by atoms with Gasteiger partial charge in [0, 0.05) is 32.4 Å². The van der Waals surface area contributed by atoms with Crippen molar-refractivity contribution in [2.75, 3.05) is 25.5 Å². The van der Waals surface area contributed by atoms with E-state index >= 15 is 0 Å². The molecule has 1 N–H and O–H groups in total. The molecule has 1 saturated heterocycles. The van der Waals surface area contributed by atoms with E-state index in [1.807, 2.05) is 6.07 Å². The second-order valence-corrected chi connectivity index (χ2v) is 10.1. The Morgan fingerprint density at radius 3 is 2.73 bits per heavy atom. The first-order chi connectivity index (χ1) is 12.4. The van der Waals surface area contributed by atoms with E-state index in [-0.39, 0.29) is 16.8 Å². The smallest absolute Gasteiger partial charge is 0.244 e. The highest BCUT2D eigenvalue weighted by Gasteiger charge is 2.41. The van der Waals surface area contributed by atoms with Gasteiger partial charge in [0.1, 0.15) is 0 Å². The third kappa shape index (κ3) is 2.96. The number of amides is 1. The van der Waals surface area contributed by atoms with E-state index in [0.717, 1.165) is 30.5 Å². The van der Waals surface area contributed by atoms with Crippen LogP contribution in [0.25, 0.3) is 0 Å². The van der Waals surface area contributed by atoms with Gasteiger partial charge in [-0.1, -0.05) is 18.9 Å². The lowest BCUT2D eigenvalue weighted by Gasteiger charge is -2.24. The van der Waals surface area contributed by atoms with E-state index in [1.54, 1.807) is 17.0 Å². The number of nitrogens with zero attached hydrogens (tertiary/aromatic N) is 2. The molecular formula is C19H27N3O3S. The van der Waals surface area contributed by atoms with Crippen molar-refractivity contribution in [3.8, 4) is 0 Å². The number of carbonyl (C=O) groups is 1. The van der Waals surface area contributed by atoms with Gasteiger partial charge in [-0.05, 0) is 49.3 Å². The van der Waals surface area contributed by atoms with Gasteiger partial charge in [-0.2, -0.15) is 0 Å². The van der Waals surface area contributed by atoms with Crippen LogP contribution in [0.1, 0.15) is 37.7 Å². The minimum absolute atomic E-state index is 0.0950. The van der Waals surface area contributed by atoms with Crippen molar-refractivity contribution in [1.29, 1.82) is 0 Å². The van der Waals surface area contributed by atoms with E-state index in [2.05, 4.69) is 5.32 Å². The van der Waals surface area contributed by atoms with Crippen LogP contribution >= 0.6 is 0 Å². The van der Waals surface area contributed by atoms with Crippen LogP contribution in [0.15, 0.2) is 23.1 Å². The lowest BCUT2D eigenvalue weighted by molar-refractivity contribution is -0.120. The third-order valence-electron chi connectivity index (χ3n) is 6.16. The molecule has 26 heavy (non-hydrogen) atoms. The minimum Gasteiger partial charge on any atom is -0.310 e. The molecule has 3 atom stereocenters. The fraction of sp³-hybridized carbons (Fsp3) is 0.632. The van der Waals surface area contributed by atoms with E-state index < -0.39 is 10.0 Å². The number of benzene rings is 1. The Morgan fingerprint density at radius 2 is 2.00 bits per heavy atom. The number of nitrogens with one attached hydrogen (secondary N) is 1. The molecule has 4 rings (SSSR count). The summed E-state index contributed by atoms with van der Waals surface area (Å²) in [5.74, 6) is 0.706. The third-order valence-corrected chi connectivity index (χ3v) is 7.97. The van der Waals surface area contributed by atoms with Crippen molar-refractivity contribution < 1.29 is 13.2 Å². The highest BCUT2D eigenvalue weighted by molar-refractivity contribution is 7.89. The lowest BCUT2D eigenvalue weighted by atomic mass is 9.85. The van der Waals surface area contributed by atoms with E-state index in [1.165, 1.54) is 37.7 Å². The second kappa shape index (κ2) is 6.62. The summed E-state index contributed by atoms with van der Waals surface area (Å²) in [5, 5.41) is 3.55. The largest absolute Gasteiger partial charge is 0.310 e. The Kier molecular flexibility index (Phi) is 4.57. The molecule has 3 aliphatic rings. The number of fused-ring (bicyclic) bond motifs is 2.